The number of fused-ring (bicyclic) bond motifs is 5. The summed E-state index contributed by atoms with van der Waals surface area (Å²) in [5, 5.41) is 11.9. The number of H-pyrrole nitrogens is 1. The lowest BCUT2D eigenvalue weighted by atomic mass is 10.1. The van der Waals surface area contributed by atoms with E-state index in [1.165, 1.54) is 6.42 Å². The lowest BCUT2D eigenvalue weighted by molar-refractivity contribution is -0.121. The highest BCUT2D eigenvalue weighted by Crippen LogP contribution is 2.26. The number of hydrogen-bond donors (Lipinski definition) is 2. The molecule has 2 bridgehead atoms. The molecular weight excluding hydrogens is 354 g/mol. The molecule has 0 unspecified atom stereocenters. The maximum atomic E-state index is 12.6. The van der Waals surface area contributed by atoms with E-state index in [2.05, 4.69) is 31.5 Å². The van der Waals surface area contributed by atoms with Crippen molar-refractivity contribution in [1.29, 1.82) is 0 Å². The highest BCUT2D eigenvalue weighted by Gasteiger charge is 2.32. The summed E-state index contributed by atoms with van der Waals surface area (Å²) in [6, 6.07) is 8.44. The number of aromatic nitrogens is 3. The Hall–Kier alpha value is -2.77. The zero-order valence-corrected chi connectivity index (χ0v) is 15.6. The van der Waals surface area contributed by atoms with Crippen molar-refractivity contribution in [2.24, 2.45) is 0 Å². The molecule has 1 aromatic carbocycles. The van der Waals surface area contributed by atoms with Gasteiger partial charge < -0.3 is 10.1 Å². The van der Waals surface area contributed by atoms with Gasteiger partial charge in [-0.25, -0.2) is 4.98 Å². The number of aromatic amines is 1. The van der Waals surface area contributed by atoms with Gasteiger partial charge in [0.1, 0.15) is 5.82 Å². The molecule has 144 valence electrons. The Morgan fingerprint density at radius 1 is 1.21 bits per heavy atom. The van der Waals surface area contributed by atoms with Crippen molar-refractivity contribution in [3.63, 3.8) is 0 Å². The first-order valence-corrected chi connectivity index (χ1v) is 9.79. The monoisotopic (exact) mass is 377 g/mol. The standard InChI is InChI=1S/C21H23N5O2/c27-21(12-26-11-19-3-1-2-18(26)13-28-19)25-20-7-16-6-14(17-9-23-24-10-17)4-5-15(16)8-22-20/h4-10,18-19H,1-3,11-13H2,(H,23,24)(H,22,25,27)/t18-,19-/m1/s1. The van der Waals surface area contributed by atoms with Crippen LogP contribution in [0.4, 0.5) is 5.82 Å². The summed E-state index contributed by atoms with van der Waals surface area (Å²) in [4.78, 5) is 19.3. The quantitative estimate of drug-likeness (QED) is 0.731. The predicted octanol–water partition coefficient (Wildman–Crippen LogP) is 2.82. The average molecular weight is 377 g/mol. The summed E-state index contributed by atoms with van der Waals surface area (Å²) in [7, 11) is 0. The Morgan fingerprint density at radius 2 is 2.18 bits per heavy atom. The van der Waals surface area contributed by atoms with Gasteiger partial charge >= 0.3 is 0 Å². The van der Waals surface area contributed by atoms with E-state index in [-0.39, 0.29) is 12.0 Å². The van der Waals surface area contributed by atoms with Crippen LogP contribution in [0.1, 0.15) is 19.3 Å². The van der Waals surface area contributed by atoms with E-state index in [0.29, 0.717) is 18.4 Å². The first-order chi connectivity index (χ1) is 13.7. The lowest BCUT2D eigenvalue weighted by Crippen LogP contribution is -2.50. The van der Waals surface area contributed by atoms with Crippen LogP contribution >= 0.6 is 0 Å². The van der Waals surface area contributed by atoms with E-state index < -0.39 is 0 Å². The number of morpholine rings is 1. The third-order valence-electron chi connectivity index (χ3n) is 5.71. The van der Waals surface area contributed by atoms with Crippen molar-refractivity contribution < 1.29 is 9.53 Å². The smallest absolute Gasteiger partial charge is 0.239 e. The number of benzene rings is 1. The van der Waals surface area contributed by atoms with Crippen LogP contribution in [-0.2, 0) is 9.53 Å². The molecule has 3 aromatic rings. The molecule has 0 saturated carbocycles. The van der Waals surface area contributed by atoms with Gasteiger partial charge in [-0.15, -0.1) is 0 Å². The molecule has 28 heavy (non-hydrogen) atoms. The maximum absolute atomic E-state index is 12.6. The number of amides is 1. The third kappa shape index (κ3) is 3.50. The SMILES string of the molecule is O=C(CN1C[C@H]2CCC[C@@H]1CO2)Nc1cc2cc(-c3cn[nH]c3)ccc2cn1. The first kappa shape index (κ1) is 17.3. The van der Waals surface area contributed by atoms with Gasteiger partial charge in [0.2, 0.25) is 5.91 Å². The maximum Gasteiger partial charge on any atom is 0.239 e. The number of nitrogens with zero attached hydrogens (tertiary/aromatic N) is 3. The van der Waals surface area contributed by atoms with Crippen molar-refractivity contribution in [2.45, 2.75) is 31.4 Å². The number of pyridine rings is 1. The fourth-order valence-corrected chi connectivity index (χ4v) is 4.20. The second-order valence-corrected chi connectivity index (χ2v) is 7.64. The van der Waals surface area contributed by atoms with E-state index >= 15 is 0 Å². The minimum absolute atomic E-state index is 0.0228. The zero-order valence-electron chi connectivity index (χ0n) is 15.6. The van der Waals surface area contributed by atoms with Crippen LogP contribution < -0.4 is 5.32 Å². The molecule has 2 N–H and O–H groups in total. The topological polar surface area (TPSA) is 83.1 Å². The van der Waals surface area contributed by atoms with Gasteiger partial charge in [-0.05, 0) is 42.3 Å². The predicted molar refractivity (Wildman–Crippen MR) is 107 cm³/mol. The van der Waals surface area contributed by atoms with Crippen LogP contribution in [0, 0.1) is 0 Å². The Balaban J connectivity index is 1.31. The molecule has 6 rings (SSSR count). The number of rotatable bonds is 4. The molecule has 3 fully saturated rings. The molecule has 3 saturated heterocycles. The minimum atomic E-state index is -0.0228. The van der Waals surface area contributed by atoms with Gasteiger partial charge in [0.25, 0.3) is 0 Å². The molecule has 2 aromatic heterocycles. The zero-order chi connectivity index (χ0) is 18.9. The summed E-state index contributed by atoms with van der Waals surface area (Å²) < 4.78 is 5.83. The van der Waals surface area contributed by atoms with Gasteiger partial charge in [0.15, 0.2) is 0 Å². The summed E-state index contributed by atoms with van der Waals surface area (Å²) in [5.41, 5.74) is 2.10. The summed E-state index contributed by atoms with van der Waals surface area (Å²) >= 11 is 0. The van der Waals surface area contributed by atoms with E-state index in [4.69, 9.17) is 4.74 Å². The lowest BCUT2D eigenvalue weighted by Gasteiger charge is -2.36. The van der Waals surface area contributed by atoms with Crippen LogP contribution in [0.3, 0.4) is 0 Å². The molecule has 0 radical (unpaired) electrons. The molecule has 0 spiro atoms. The second-order valence-electron chi connectivity index (χ2n) is 7.64. The molecule has 7 heteroatoms. The Bertz CT molecular complexity index is 984. The molecule has 7 nitrogen and oxygen atoms in total. The van der Waals surface area contributed by atoms with Gasteiger partial charge in [-0.1, -0.05) is 12.1 Å². The van der Waals surface area contributed by atoms with E-state index in [9.17, 15) is 4.79 Å². The largest absolute Gasteiger partial charge is 0.375 e. The average Bonchev–Trinajstić information content (AvgIpc) is 3.06. The second kappa shape index (κ2) is 7.33. The number of nitrogens with one attached hydrogen (secondary N) is 2. The molecule has 3 aliphatic rings. The number of ether oxygens (including phenoxy) is 1. The Labute approximate surface area is 163 Å². The molecule has 1 amide bonds. The minimum Gasteiger partial charge on any atom is -0.375 e. The van der Waals surface area contributed by atoms with Crippen LogP contribution in [0.2, 0.25) is 0 Å². The van der Waals surface area contributed by atoms with E-state index in [1.54, 1.807) is 12.4 Å². The fraction of sp³-hybridized carbons (Fsp3) is 0.381. The van der Waals surface area contributed by atoms with Crippen LogP contribution in [0.25, 0.3) is 21.9 Å². The number of carbonyl (C=O) groups is 1. The van der Waals surface area contributed by atoms with E-state index in [1.807, 2.05) is 24.4 Å². The summed E-state index contributed by atoms with van der Waals surface area (Å²) in [5.74, 6) is 0.559. The number of hydrogen-bond acceptors (Lipinski definition) is 5. The van der Waals surface area contributed by atoms with Crippen LogP contribution in [0.15, 0.2) is 42.9 Å². The molecule has 3 aliphatic heterocycles. The van der Waals surface area contributed by atoms with Crippen molar-refractivity contribution in [2.75, 3.05) is 25.0 Å². The van der Waals surface area contributed by atoms with Crippen LogP contribution in [0.5, 0.6) is 0 Å². The normalized spacial score (nSPS) is 22.3. The highest BCUT2D eigenvalue weighted by atomic mass is 16.5. The van der Waals surface area contributed by atoms with Crippen molar-refractivity contribution in [3.8, 4) is 11.1 Å². The van der Waals surface area contributed by atoms with Gasteiger partial charge in [0, 0.05) is 35.9 Å². The van der Waals surface area contributed by atoms with Crippen molar-refractivity contribution in [1.82, 2.24) is 20.1 Å². The van der Waals surface area contributed by atoms with E-state index in [0.717, 1.165) is 47.9 Å². The number of carbonyl (C=O) groups excluding carboxylic acids is 1. The Kier molecular flexibility index (Phi) is 4.54. The fourth-order valence-electron chi connectivity index (χ4n) is 4.20. The van der Waals surface area contributed by atoms with Gasteiger partial charge in [0.05, 0.1) is 25.5 Å². The molecule has 2 atom stereocenters. The summed E-state index contributed by atoms with van der Waals surface area (Å²) in [6.07, 6.45) is 9.11. The third-order valence-corrected chi connectivity index (χ3v) is 5.71. The van der Waals surface area contributed by atoms with Crippen molar-refractivity contribution >= 4 is 22.5 Å². The molecule has 5 heterocycles. The Morgan fingerprint density at radius 3 is 3.07 bits per heavy atom. The van der Waals surface area contributed by atoms with Gasteiger partial charge in [-0.2, -0.15) is 5.10 Å². The van der Waals surface area contributed by atoms with Crippen LogP contribution in [-0.4, -0.2) is 57.8 Å². The van der Waals surface area contributed by atoms with Crippen molar-refractivity contribution in [3.05, 3.63) is 42.9 Å². The first-order valence-electron chi connectivity index (χ1n) is 9.79. The molecule has 0 aliphatic carbocycles. The highest BCUT2D eigenvalue weighted by molar-refractivity contribution is 5.94. The van der Waals surface area contributed by atoms with Gasteiger partial charge in [-0.3, -0.25) is 14.8 Å². The molecular formula is C21H23N5O2. The number of anilines is 1. The summed E-state index contributed by atoms with van der Waals surface area (Å²) in [6.45, 7) is 1.97.